The zero-order chi connectivity index (χ0) is 29.4. The number of aromatic nitrogens is 1. The zero-order valence-electron chi connectivity index (χ0n) is 22.9. The van der Waals surface area contributed by atoms with Gasteiger partial charge in [0, 0.05) is 30.5 Å². The van der Waals surface area contributed by atoms with Crippen molar-refractivity contribution in [3.63, 3.8) is 0 Å². The van der Waals surface area contributed by atoms with Crippen molar-refractivity contribution in [1.82, 2.24) is 15.6 Å². The van der Waals surface area contributed by atoms with E-state index in [1.54, 1.807) is 38.1 Å². The van der Waals surface area contributed by atoms with Crippen molar-refractivity contribution in [2.24, 2.45) is 5.92 Å². The molecule has 0 saturated heterocycles. The summed E-state index contributed by atoms with van der Waals surface area (Å²) in [5, 5.41) is 5.56. The highest BCUT2D eigenvalue weighted by Crippen LogP contribution is 2.30. The number of hydrogen-bond acceptors (Lipinski definition) is 6. The van der Waals surface area contributed by atoms with Gasteiger partial charge in [-0.15, -0.1) is 0 Å². The molecule has 2 atom stereocenters. The second-order valence-electron chi connectivity index (χ2n) is 9.12. The van der Waals surface area contributed by atoms with Gasteiger partial charge in [0.2, 0.25) is 11.7 Å². The van der Waals surface area contributed by atoms with Gasteiger partial charge in [0.1, 0.15) is 17.7 Å². The Kier molecular flexibility index (Phi) is 10.1. The summed E-state index contributed by atoms with van der Waals surface area (Å²) in [6.45, 7) is 6.52. The van der Waals surface area contributed by atoms with Gasteiger partial charge in [-0.25, -0.2) is 13.8 Å². The predicted octanol–water partition coefficient (Wildman–Crippen LogP) is 5.03. The molecule has 0 aliphatic carbocycles. The Morgan fingerprint density at radius 3 is 1.95 bits per heavy atom. The Hall–Kier alpha value is -4.60. The first-order chi connectivity index (χ1) is 19.0. The van der Waals surface area contributed by atoms with E-state index in [1.165, 1.54) is 50.6 Å². The average Bonchev–Trinajstić information content (AvgIpc) is 2.93. The molecule has 2 amide bonds. The number of benzene rings is 2. The first kappa shape index (κ1) is 29.9. The Balaban J connectivity index is 1.98. The topological polar surface area (TPSA) is 107 Å². The first-order valence-corrected chi connectivity index (χ1v) is 12.6. The van der Waals surface area contributed by atoms with Crippen LogP contribution in [-0.4, -0.2) is 35.9 Å². The minimum atomic E-state index is -1.01. The lowest BCUT2D eigenvalue weighted by atomic mass is 9.95. The van der Waals surface area contributed by atoms with Crippen LogP contribution >= 0.6 is 0 Å². The van der Waals surface area contributed by atoms with Crippen LogP contribution in [0.4, 0.5) is 8.78 Å². The molecule has 3 aromatic rings. The maximum atomic E-state index is 13.6. The third-order valence-electron chi connectivity index (χ3n) is 6.28. The van der Waals surface area contributed by atoms with E-state index < -0.39 is 35.5 Å². The summed E-state index contributed by atoms with van der Waals surface area (Å²) in [4.78, 5) is 42.6. The molecule has 0 radical (unpaired) electrons. The summed E-state index contributed by atoms with van der Waals surface area (Å²) in [6, 6.07) is 11.8. The molecule has 210 valence electrons. The van der Waals surface area contributed by atoms with Crippen LogP contribution in [0.3, 0.4) is 0 Å². The van der Waals surface area contributed by atoms with E-state index in [1.807, 2.05) is 6.92 Å². The van der Waals surface area contributed by atoms with Crippen LogP contribution in [0.25, 0.3) is 5.57 Å². The van der Waals surface area contributed by atoms with Crippen LogP contribution in [0.5, 0.6) is 11.5 Å². The number of hydrogen-bond donors (Lipinski definition) is 2. The monoisotopic (exact) mass is 551 g/mol. The summed E-state index contributed by atoms with van der Waals surface area (Å²) in [6.07, 6.45) is 1.87. The Morgan fingerprint density at radius 2 is 1.48 bits per heavy atom. The number of nitrogens with one attached hydrogen (secondary N) is 2. The normalized spacial score (nSPS) is 12.1. The molecule has 0 unspecified atom stereocenters. The summed E-state index contributed by atoms with van der Waals surface area (Å²) >= 11 is 0. The number of rotatable bonds is 10. The van der Waals surface area contributed by atoms with Gasteiger partial charge in [0.05, 0.1) is 7.11 Å². The lowest BCUT2D eigenvalue weighted by molar-refractivity contribution is -0.132. The van der Waals surface area contributed by atoms with E-state index in [0.717, 1.165) is 0 Å². The van der Waals surface area contributed by atoms with Crippen molar-refractivity contribution >= 4 is 23.4 Å². The summed E-state index contributed by atoms with van der Waals surface area (Å²) in [7, 11) is 1.36. The average molecular weight is 552 g/mol. The fourth-order valence-corrected chi connectivity index (χ4v) is 4.06. The number of amides is 2. The van der Waals surface area contributed by atoms with Gasteiger partial charge in [0.25, 0.3) is 5.91 Å². The Labute approximate surface area is 231 Å². The number of carbonyl (C=O) groups is 3. The maximum Gasteiger partial charge on any atom is 0.308 e. The third kappa shape index (κ3) is 7.28. The van der Waals surface area contributed by atoms with Crippen molar-refractivity contribution in [1.29, 1.82) is 0 Å². The molecule has 40 heavy (non-hydrogen) atoms. The summed E-state index contributed by atoms with van der Waals surface area (Å²) in [5.41, 5.74) is 1.93. The van der Waals surface area contributed by atoms with E-state index in [0.29, 0.717) is 28.8 Å². The van der Waals surface area contributed by atoms with Gasteiger partial charge in [-0.2, -0.15) is 0 Å². The van der Waals surface area contributed by atoms with Crippen molar-refractivity contribution in [3.05, 3.63) is 94.9 Å². The second-order valence-corrected chi connectivity index (χ2v) is 9.12. The van der Waals surface area contributed by atoms with Gasteiger partial charge in [-0.1, -0.05) is 44.5 Å². The highest BCUT2D eigenvalue weighted by atomic mass is 19.1. The minimum Gasteiger partial charge on any atom is -0.493 e. The molecule has 2 aromatic carbocycles. The molecule has 0 aliphatic heterocycles. The lowest BCUT2D eigenvalue weighted by Gasteiger charge is -2.25. The quantitative estimate of drug-likeness (QED) is 0.342. The molecule has 1 heterocycles. The molecule has 0 aliphatic rings. The SMILES string of the molecule is CC[C@H](C)[C@H](NC(=O)c1nccc(OC)c1OC(C)=O)C(=O)NC(C)=C(c1ccc(F)cc1)c1ccc(F)cc1. The van der Waals surface area contributed by atoms with Crippen molar-refractivity contribution < 1.29 is 32.6 Å². The van der Waals surface area contributed by atoms with Crippen LogP contribution in [0.2, 0.25) is 0 Å². The summed E-state index contributed by atoms with van der Waals surface area (Å²) < 4.78 is 37.7. The van der Waals surface area contributed by atoms with E-state index in [9.17, 15) is 23.2 Å². The smallest absolute Gasteiger partial charge is 0.308 e. The number of allylic oxidation sites excluding steroid dienone is 1. The fraction of sp³-hybridized carbons (Fsp3) is 0.267. The molecular weight excluding hydrogens is 520 g/mol. The lowest BCUT2D eigenvalue weighted by Crippen LogP contribution is -2.50. The number of methoxy groups -OCH3 is 1. The van der Waals surface area contributed by atoms with E-state index in [-0.39, 0.29) is 23.1 Å². The van der Waals surface area contributed by atoms with E-state index in [4.69, 9.17) is 9.47 Å². The molecule has 10 heteroatoms. The maximum absolute atomic E-state index is 13.6. The molecular formula is C30H31F2N3O5. The van der Waals surface area contributed by atoms with Gasteiger partial charge in [0.15, 0.2) is 11.4 Å². The molecule has 8 nitrogen and oxygen atoms in total. The predicted molar refractivity (Wildman–Crippen MR) is 145 cm³/mol. The molecule has 2 N–H and O–H groups in total. The Bertz CT molecular complexity index is 1360. The summed E-state index contributed by atoms with van der Waals surface area (Å²) in [5.74, 6) is -3.13. The molecule has 0 bridgehead atoms. The largest absolute Gasteiger partial charge is 0.493 e. The number of ether oxygens (including phenoxy) is 2. The highest BCUT2D eigenvalue weighted by Gasteiger charge is 2.30. The van der Waals surface area contributed by atoms with Crippen molar-refractivity contribution in [3.8, 4) is 11.5 Å². The first-order valence-electron chi connectivity index (χ1n) is 12.6. The van der Waals surface area contributed by atoms with Crippen molar-refractivity contribution in [2.75, 3.05) is 7.11 Å². The standard InChI is InChI=1S/C30H31F2N3O5/c1-6-17(2)26(35-30(38)27-28(40-19(4)36)24(39-5)15-16-33-27)29(37)34-18(3)25(20-7-11-22(31)12-8-20)21-9-13-23(32)14-10-21/h7-17,26H,6H2,1-5H3,(H,34,37)(H,35,38)/t17-,26-/m0/s1. The van der Waals surface area contributed by atoms with E-state index in [2.05, 4.69) is 15.6 Å². The molecule has 1 aromatic heterocycles. The van der Waals surface area contributed by atoms with Crippen molar-refractivity contribution in [2.45, 2.75) is 40.2 Å². The molecule has 0 fully saturated rings. The third-order valence-corrected chi connectivity index (χ3v) is 6.28. The fourth-order valence-electron chi connectivity index (χ4n) is 4.06. The number of esters is 1. The zero-order valence-corrected chi connectivity index (χ0v) is 22.9. The second kappa shape index (κ2) is 13.5. The van der Waals surface area contributed by atoms with Gasteiger partial charge < -0.3 is 20.1 Å². The molecule has 3 rings (SSSR count). The number of pyridine rings is 1. The van der Waals surface area contributed by atoms with Crippen LogP contribution in [0, 0.1) is 17.6 Å². The van der Waals surface area contributed by atoms with Crippen LogP contribution in [0.15, 0.2) is 66.5 Å². The van der Waals surface area contributed by atoms with Gasteiger partial charge >= 0.3 is 5.97 Å². The number of halogens is 2. The number of carbonyl (C=O) groups excluding carboxylic acids is 3. The van der Waals surface area contributed by atoms with Crippen LogP contribution in [-0.2, 0) is 9.59 Å². The number of nitrogens with zero attached hydrogens (tertiary/aromatic N) is 1. The van der Waals surface area contributed by atoms with Crippen LogP contribution < -0.4 is 20.1 Å². The molecule has 0 spiro atoms. The van der Waals surface area contributed by atoms with Crippen LogP contribution in [0.1, 0.15) is 55.7 Å². The van der Waals surface area contributed by atoms with E-state index >= 15 is 0 Å². The van der Waals surface area contributed by atoms with Gasteiger partial charge in [-0.05, 0) is 48.2 Å². The highest BCUT2D eigenvalue weighted by molar-refractivity contribution is 6.00. The molecule has 0 saturated carbocycles. The van der Waals surface area contributed by atoms with Gasteiger partial charge in [-0.3, -0.25) is 14.4 Å². The minimum absolute atomic E-state index is 0.127. The Morgan fingerprint density at radius 1 is 0.925 bits per heavy atom.